The van der Waals surface area contributed by atoms with Crippen molar-refractivity contribution in [2.45, 2.75) is 58.4 Å². The van der Waals surface area contributed by atoms with Gasteiger partial charge in [-0.3, -0.25) is 0 Å². The Bertz CT molecular complexity index is 172. The highest BCUT2D eigenvalue weighted by atomic mass is 15.2. The third kappa shape index (κ3) is 2.13. The molecule has 14 heavy (non-hydrogen) atoms. The van der Waals surface area contributed by atoms with Crippen molar-refractivity contribution in [1.29, 1.82) is 0 Å². The second-order valence-electron chi connectivity index (χ2n) is 5.37. The predicted molar refractivity (Wildman–Crippen MR) is 61.4 cm³/mol. The zero-order valence-electron chi connectivity index (χ0n) is 9.84. The van der Waals surface area contributed by atoms with Crippen LogP contribution in [0.25, 0.3) is 0 Å². The van der Waals surface area contributed by atoms with E-state index in [2.05, 4.69) is 18.7 Å². The van der Waals surface area contributed by atoms with Crippen LogP contribution in [0.15, 0.2) is 0 Å². The quantitative estimate of drug-likeness (QED) is 0.653. The minimum absolute atomic E-state index is 0.955. The van der Waals surface area contributed by atoms with Gasteiger partial charge in [-0.05, 0) is 37.6 Å². The summed E-state index contributed by atoms with van der Waals surface area (Å²) in [5, 5.41) is 0. The Balaban J connectivity index is 1.88. The SMILES string of the molecule is CC[C@H]1CN(C2CCCC2)CC[C@H]1C. The molecule has 2 aliphatic rings. The van der Waals surface area contributed by atoms with E-state index in [1.165, 1.54) is 51.6 Å². The number of piperidine rings is 1. The van der Waals surface area contributed by atoms with Crippen LogP contribution in [-0.4, -0.2) is 24.0 Å². The minimum atomic E-state index is 0.955. The first-order chi connectivity index (χ1) is 6.81. The van der Waals surface area contributed by atoms with Crippen molar-refractivity contribution in [2.75, 3.05) is 13.1 Å². The van der Waals surface area contributed by atoms with Crippen LogP contribution in [0.3, 0.4) is 0 Å². The summed E-state index contributed by atoms with van der Waals surface area (Å²) in [7, 11) is 0. The van der Waals surface area contributed by atoms with Crippen molar-refractivity contribution in [1.82, 2.24) is 4.90 Å². The molecule has 0 N–H and O–H groups in total. The summed E-state index contributed by atoms with van der Waals surface area (Å²) in [6.07, 6.45) is 8.73. The maximum Gasteiger partial charge on any atom is 0.00953 e. The van der Waals surface area contributed by atoms with Gasteiger partial charge in [0.1, 0.15) is 0 Å². The third-order valence-corrected chi connectivity index (χ3v) is 4.51. The van der Waals surface area contributed by atoms with Crippen LogP contribution in [0, 0.1) is 11.8 Å². The summed E-state index contributed by atoms with van der Waals surface area (Å²) in [6, 6.07) is 0.955. The molecule has 1 aliphatic heterocycles. The molecule has 1 saturated carbocycles. The number of rotatable bonds is 2. The average Bonchev–Trinajstić information content (AvgIpc) is 2.71. The van der Waals surface area contributed by atoms with Crippen molar-refractivity contribution in [2.24, 2.45) is 11.8 Å². The van der Waals surface area contributed by atoms with Gasteiger partial charge in [0, 0.05) is 12.6 Å². The molecule has 0 aromatic rings. The van der Waals surface area contributed by atoms with E-state index in [4.69, 9.17) is 0 Å². The third-order valence-electron chi connectivity index (χ3n) is 4.51. The Morgan fingerprint density at radius 3 is 2.50 bits per heavy atom. The Morgan fingerprint density at radius 1 is 1.14 bits per heavy atom. The van der Waals surface area contributed by atoms with Crippen molar-refractivity contribution in [3.05, 3.63) is 0 Å². The fourth-order valence-corrected chi connectivity index (χ4v) is 3.31. The molecule has 1 aliphatic carbocycles. The van der Waals surface area contributed by atoms with Gasteiger partial charge in [0.2, 0.25) is 0 Å². The predicted octanol–water partition coefficient (Wildman–Crippen LogP) is 3.30. The second-order valence-corrected chi connectivity index (χ2v) is 5.37. The van der Waals surface area contributed by atoms with Crippen LogP contribution in [0.2, 0.25) is 0 Å². The fraction of sp³-hybridized carbons (Fsp3) is 1.00. The summed E-state index contributed by atoms with van der Waals surface area (Å²) in [5.74, 6) is 1.95. The van der Waals surface area contributed by atoms with Gasteiger partial charge in [0.05, 0.1) is 0 Å². The van der Waals surface area contributed by atoms with Crippen molar-refractivity contribution in [3.8, 4) is 0 Å². The molecule has 0 unspecified atom stereocenters. The zero-order valence-corrected chi connectivity index (χ0v) is 9.84. The molecule has 1 heterocycles. The lowest BCUT2D eigenvalue weighted by molar-refractivity contribution is 0.0875. The molecule has 0 bridgehead atoms. The lowest BCUT2D eigenvalue weighted by atomic mass is 9.84. The van der Waals surface area contributed by atoms with Crippen LogP contribution < -0.4 is 0 Å². The fourth-order valence-electron chi connectivity index (χ4n) is 3.31. The first-order valence-corrected chi connectivity index (χ1v) is 6.55. The first kappa shape index (κ1) is 10.5. The Labute approximate surface area is 88.9 Å². The summed E-state index contributed by atoms with van der Waals surface area (Å²) >= 11 is 0. The first-order valence-electron chi connectivity index (χ1n) is 6.55. The van der Waals surface area contributed by atoms with Crippen LogP contribution >= 0.6 is 0 Å². The summed E-state index contributed by atoms with van der Waals surface area (Å²) in [6.45, 7) is 7.57. The average molecular weight is 195 g/mol. The molecule has 0 amide bonds. The van der Waals surface area contributed by atoms with Gasteiger partial charge in [-0.2, -0.15) is 0 Å². The molecule has 2 atom stereocenters. The number of hydrogen-bond acceptors (Lipinski definition) is 1. The van der Waals surface area contributed by atoms with E-state index in [0.717, 1.165) is 17.9 Å². The summed E-state index contributed by atoms with van der Waals surface area (Å²) < 4.78 is 0. The van der Waals surface area contributed by atoms with Crippen LogP contribution in [0.4, 0.5) is 0 Å². The Morgan fingerprint density at radius 2 is 1.86 bits per heavy atom. The number of likely N-dealkylation sites (tertiary alicyclic amines) is 1. The monoisotopic (exact) mass is 195 g/mol. The molecule has 0 aromatic carbocycles. The van der Waals surface area contributed by atoms with E-state index >= 15 is 0 Å². The Kier molecular flexibility index (Phi) is 3.48. The van der Waals surface area contributed by atoms with Crippen molar-refractivity contribution >= 4 is 0 Å². The van der Waals surface area contributed by atoms with Crippen LogP contribution in [0.5, 0.6) is 0 Å². The molecule has 0 radical (unpaired) electrons. The highest BCUT2D eigenvalue weighted by molar-refractivity contribution is 4.84. The smallest absolute Gasteiger partial charge is 0.00953 e. The van der Waals surface area contributed by atoms with E-state index in [1.807, 2.05) is 0 Å². The van der Waals surface area contributed by atoms with Gasteiger partial charge in [0.25, 0.3) is 0 Å². The van der Waals surface area contributed by atoms with Crippen LogP contribution in [0.1, 0.15) is 52.4 Å². The normalized spacial score (nSPS) is 36.4. The van der Waals surface area contributed by atoms with E-state index in [-0.39, 0.29) is 0 Å². The van der Waals surface area contributed by atoms with Crippen molar-refractivity contribution < 1.29 is 0 Å². The Hall–Kier alpha value is -0.0400. The minimum Gasteiger partial charge on any atom is -0.300 e. The molecule has 2 fully saturated rings. The van der Waals surface area contributed by atoms with Crippen LogP contribution in [-0.2, 0) is 0 Å². The molecule has 1 heteroatoms. The summed E-state index contributed by atoms with van der Waals surface area (Å²) in [4.78, 5) is 2.79. The maximum atomic E-state index is 2.79. The van der Waals surface area contributed by atoms with Gasteiger partial charge in [0.15, 0.2) is 0 Å². The topological polar surface area (TPSA) is 3.24 Å². The molecule has 82 valence electrons. The number of nitrogens with zero attached hydrogens (tertiary/aromatic N) is 1. The largest absolute Gasteiger partial charge is 0.300 e. The van der Waals surface area contributed by atoms with E-state index in [0.29, 0.717) is 0 Å². The molecule has 2 rings (SSSR count). The molecule has 1 saturated heterocycles. The van der Waals surface area contributed by atoms with E-state index in [9.17, 15) is 0 Å². The zero-order chi connectivity index (χ0) is 9.97. The molecule has 0 aromatic heterocycles. The molecular formula is C13H25N. The second kappa shape index (κ2) is 4.65. The molecule has 0 spiro atoms. The van der Waals surface area contributed by atoms with Gasteiger partial charge in [-0.1, -0.05) is 33.1 Å². The molecule has 1 nitrogen and oxygen atoms in total. The highest BCUT2D eigenvalue weighted by Gasteiger charge is 2.30. The molecular weight excluding hydrogens is 170 g/mol. The summed E-state index contributed by atoms with van der Waals surface area (Å²) in [5.41, 5.74) is 0. The lowest BCUT2D eigenvalue weighted by Crippen LogP contribution is -2.44. The lowest BCUT2D eigenvalue weighted by Gasteiger charge is -2.40. The van der Waals surface area contributed by atoms with Gasteiger partial charge in [-0.15, -0.1) is 0 Å². The van der Waals surface area contributed by atoms with Crippen molar-refractivity contribution in [3.63, 3.8) is 0 Å². The number of hydrogen-bond donors (Lipinski definition) is 0. The van der Waals surface area contributed by atoms with E-state index < -0.39 is 0 Å². The maximum absolute atomic E-state index is 2.79. The van der Waals surface area contributed by atoms with Gasteiger partial charge >= 0.3 is 0 Å². The highest BCUT2D eigenvalue weighted by Crippen LogP contribution is 2.31. The van der Waals surface area contributed by atoms with Gasteiger partial charge in [-0.25, -0.2) is 0 Å². The van der Waals surface area contributed by atoms with E-state index in [1.54, 1.807) is 0 Å². The standard InChI is InChI=1S/C13H25N/c1-3-12-10-14(9-8-11(12)2)13-6-4-5-7-13/h11-13H,3-10H2,1-2H3/t11-,12+/m1/s1. The van der Waals surface area contributed by atoms with Gasteiger partial charge < -0.3 is 4.90 Å².